The zero-order valence-corrected chi connectivity index (χ0v) is 14.6. The van der Waals surface area contributed by atoms with Crippen LogP contribution in [0, 0.1) is 0 Å². The van der Waals surface area contributed by atoms with Crippen molar-refractivity contribution in [3.8, 4) is 0 Å². The predicted molar refractivity (Wildman–Crippen MR) is 93.6 cm³/mol. The summed E-state index contributed by atoms with van der Waals surface area (Å²) in [6.45, 7) is 0.592. The third kappa shape index (κ3) is 3.62. The zero-order valence-electron chi connectivity index (χ0n) is 13.1. The number of hydrogen-bond donors (Lipinski definition) is 0. The van der Waals surface area contributed by atoms with E-state index in [1.807, 2.05) is 30.3 Å². The molecule has 24 heavy (non-hydrogen) atoms. The number of nitrogens with zero attached hydrogens (tertiary/aromatic N) is 1. The number of hydrogen-bond acceptors (Lipinski definition) is 3. The Hall–Kier alpha value is -1.85. The second kappa shape index (κ2) is 6.95. The van der Waals surface area contributed by atoms with Crippen molar-refractivity contribution in [1.29, 1.82) is 0 Å². The molecule has 0 radical (unpaired) electrons. The predicted octanol–water partition coefficient (Wildman–Crippen LogP) is 3.48. The molecule has 1 aliphatic heterocycles. The Morgan fingerprint density at radius 3 is 2.42 bits per heavy atom. The maximum Gasteiger partial charge on any atom is 0.238 e. The minimum Gasteiger partial charge on any atom is -0.335 e. The number of carbonyl (C=O) groups excluding carboxylic acids is 1. The fourth-order valence-electron chi connectivity index (χ4n) is 3.06. The van der Waals surface area contributed by atoms with Crippen molar-refractivity contribution in [2.24, 2.45) is 0 Å². The lowest BCUT2D eigenvalue weighted by Gasteiger charge is -2.25. The van der Waals surface area contributed by atoms with Gasteiger partial charge in [-0.3, -0.25) is 4.79 Å². The summed E-state index contributed by atoms with van der Waals surface area (Å²) in [7, 11) is -3.67. The molecule has 0 saturated carbocycles. The van der Waals surface area contributed by atoms with E-state index in [-0.39, 0.29) is 16.8 Å². The largest absolute Gasteiger partial charge is 0.335 e. The van der Waals surface area contributed by atoms with Gasteiger partial charge in [-0.2, -0.15) is 0 Å². The molecule has 126 valence electrons. The lowest BCUT2D eigenvalue weighted by molar-refractivity contribution is -0.129. The van der Waals surface area contributed by atoms with Crippen LogP contribution in [-0.4, -0.2) is 31.5 Å². The Kier molecular flexibility index (Phi) is 4.92. The molecule has 0 N–H and O–H groups in total. The fraction of sp³-hybridized carbons (Fsp3) is 0.278. The molecular weight excluding hydrogens is 346 g/mol. The summed E-state index contributed by atoms with van der Waals surface area (Å²) < 4.78 is 24.9. The number of sulfone groups is 1. The third-order valence-corrected chi connectivity index (χ3v) is 6.11. The van der Waals surface area contributed by atoms with Crippen LogP contribution in [0.15, 0.2) is 59.5 Å². The molecule has 1 amide bonds. The van der Waals surface area contributed by atoms with E-state index in [4.69, 9.17) is 11.6 Å². The summed E-state index contributed by atoms with van der Waals surface area (Å²) in [5, 5.41) is 0.462. The van der Waals surface area contributed by atoms with Gasteiger partial charge in [-0.15, -0.1) is 0 Å². The van der Waals surface area contributed by atoms with Crippen molar-refractivity contribution >= 4 is 27.3 Å². The highest BCUT2D eigenvalue weighted by molar-refractivity contribution is 7.92. The Labute approximate surface area is 147 Å². The van der Waals surface area contributed by atoms with Gasteiger partial charge in [0.15, 0.2) is 9.84 Å². The first kappa shape index (κ1) is 17.0. The minimum atomic E-state index is -3.67. The molecule has 2 aromatic rings. The van der Waals surface area contributed by atoms with Crippen molar-refractivity contribution < 1.29 is 13.2 Å². The van der Waals surface area contributed by atoms with Crippen LogP contribution in [0.5, 0.6) is 0 Å². The van der Waals surface area contributed by atoms with Gasteiger partial charge in [-0.05, 0) is 42.7 Å². The summed E-state index contributed by atoms with van der Waals surface area (Å²) in [6.07, 6.45) is 1.74. The molecule has 3 rings (SSSR count). The molecule has 1 atom stereocenters. The molecule has 0 spiro atoms. The second-order valence-electron chi connectivity index (χ2n) is 5.87. The van der Waals surface area contributed by atoms with E-state index in [9.17, 15) is 13.2 Å². The maximum absolute atomic E-state index is 12.6. The van der Waals surface area contributed by atoms with Gasteiger partial charge in [-0.25, -0.2) is 8.42 Å². The van der Waals surface area contributed by atoms with Gasteiger partial charge in [0.1, 0.15) is 5.75 Å². The second-order valence-corrected chi connectivity index (χ2v) is 8.29. The molecule has 1 unspecified atom stereocenters. The first-order valence-corrected chi connectivity index (χ1v) is 9.83. The van der Waals surface area contributed by atoms with Gasteiger partial charge in [0.2, 0.25) is 5.91 Å². The van der Waals surface area contributed by atoms with Crippen molar-refractivity contribution in [2.75, 3.05) is 12.3 Å². The van der Waals surface area contributed by atoms with Gasteiger partial charge >= 0.3 is 0 Å². The number of benzene rings is 2. The third-order valence-electron chi connectivity index (χ3n) is 4.24. The quantitative estimate of drug-likeness (QED) is 0.835. The van der Waals surface area contributed by atoms with Crippen LogP contribution < -0.4 is 0 Å². The van der Waals surface area contributed by atoms with Crippen LogP contribution in [-0.2, 0) is 14.6 Å². The van der Waals surface area contributed by atoms with Crippen LogP contribution in [0.3, 0.4) is 0 Å². The summed E-state index contributed by atoms with van der Waals surface area (Å²) in [6, 6.07) is 15.6. The smallest absolute Gasteiger partial charge is 0.238 e. The number of rotatable bonds is 4. The minimum absolute atomic E-state index is 0.0425. The first-order chi connectivity index (χ1) is 11.5. The summed E-state index contributed by atoms with van der Waals surface area (Å²) >= 11 is 5.79. The van der Waals surface area contributed by atoms with Crippen molar-refractivity contribution in [1.82, 2.24) is 4.90 Å². The van der Waals surface area contributed by atoms with Crippen LogP contribution in [0.2, 0.25) is 5.02 Å². The highest BCUT2D eigenvalue weighted by Crippen LogP contribution is 2.32. The molecule has 2 aromatic carbocycles. The Bertz CT molecular complexity index is 819. The zero-order chi connectivity index (χ0) is 17.2. The van der Waals surface area contributed by atoms with Gasteiger partial charge in [-0.1, -0.05) is 41.9 Å². The molecule has 1 aliphatic rings. The summed E-state index contributed by atoms with van der Waals surface area (Å²) in [5.41, 5.74) is 1.05. The molecule has 1 heterocycles. The molecule has 1 fully saturated rings. The van der Waals surface area contributed by atoms with Crippen molar-refractivity contribution in [2.45, 2.75) is 23.8 Å². The van der Waals surface area contributed by atoms with Crippen molar-refractivity contribution in [3.63, 3.8) is 0 Å². The monoisotopic (exact) mass is 363 g/mol. The molecule has 0 aromatic heterocycles. The Balaban J connectivity index is 1.77. The van der Waals surface area contributed by atoms with Gasteiger partial charge in [0.25, 0.3) is 0 Å². The molecule has 1 saturated heterocycles. The van der Waals surface area contributed by atoms with Gasteiger partial charge < -0.3 is 4.90 Å². The van der Waals surface area contributed by atoms with Crippen LogP contribution in [0.25, 0.3) is 0 Å². The number of likely N-dealkylation sites (tertiary alicyclic amines) is 1. The van der Waals surface area contributed by atoms with Crippen LogP contribution in [0.1, 0.15) is 24.4 Å². The fourth-order valence-corrected chi connectivity index (χ4v) is 4.39. The number of halogens is 1. The summed E-state index contributed by atoms with van der Waals surface area (Å²) in [4.78, 5) is 14.4. The number of amides is 1. The molecule has 4 nitrogen and oxygen atoms in total. The van der Waals surface area contributed by atoms with E-state index in [0.717, 1.165) is 18.4 Å². The van der Waals surface area contributed by atoms with E-state index in [1.54, 1.807) is 4.90 Å². The Morgan fingerprint density at radius 2 is 1.75 bits per heavy atom. The van der Waals surface area contributed by atoms with Crippen LogP contribution >= 0.6 is 11.6 Å². The highest BCUT2D eigenvalue weighted by Gasteiger charge is 2.32. The van der Waals surface area contributed by atoms with E-state index in [1.165, 1.54) is 24.3 Å². The van der Waals surface area contributed by atoms with Crippen LogP contribution in [0.4, 0.5) is 0 Å². The standard InChI is InChI=1S/C18H18ClNO3S/c19-15-8-10-16(11-9-15)24(22,23)13-18(21)20-12-4-7-17(20)14-5-2-1-3-6-14/h1-3,5-6,8-11,17H,4,7,12-13H2. The molecule has 6 heteroatoms. The van der Waals surface area contributed by atoms with E-state index < -0.39 is 15.6 Å². The van der Waals surface area contributed by atoms with E-state index >= 15 is 0 Å². The maximum atomic E-state index is 12.6. The molecule has 0 bridgehead atoms. The SMILES string of the molecule is O=C(CS(=O)(=O)c1ccc(Cl)cc1)N1CCCC1c1ccccc1. The average molecular weight is 364 g/mol. The topological polar surface area (TPSA) is 54.5 Å². The average Bonchev–Trinajstić information content (AvgIpc) is 3.05. The normalized spacial score (nSPS) is 17.9. The number of carbonyl (C=O) groups is 1. The lowest BCUT2D eigenvalue weighted by atomic mass is 10.0. The highest BCUT2D eigenvalue weighted by atomic mass is 35.5. The summed E-state index contributed by atoms with van der Waals surface area (Å²) in [5.74, 6) is -0.867. The van der Waals surface area contributed by atoms with E-state index in [0.29, 0.717) is 11.6 Å². The van der Waals surface area contributed by atoms with Gasteiger partial charge in [0.05, 0.1) is 10.9 Å². The first-order valence-electron chi connectivity index (χ1n) is 7.80. The molecular formula is C18H18ClNO3S. The van der Waals surface area contributed by atoms with E-state index in [2.05, 4.69) is 0 Å². The Morgan fingerprint density at radius 1 is 1.08 bits per heavy atom. The molecule has 0 aliphatic carbocycles. The van der Waals surface area contributed by atoms with Crippen molar-refractivity contribution in [3.05, 3.63) is 65.2 Å². The van der Waals surface area contributed by atoms with Gasteiger partial charge in [0, 0.05) is 11.6 Å². The lowest BCUT2D eigenvalue weighted by Crippen LogP contribution is -2.35.